The number of rotatable bonds is 4. The van der Waals surface area contributed by atoms with E-state index in [9.17, 15) is 0 Å². The van der Waals surface area contributed by atoms with Crippen LogP contribution < -0.4 is 22.9 Å². The maximum atomic E-state index is 5.98. The topological polar surface area (TPSA) is 102 Å². The molecule has 92 valence electrons. The van der Waals surface area contributed by atoms with Crippen LogP contribution in [0, 0.1) is 0 Å². The van der Waals surface area contributed by atoms with Crippen molar-refractivity contribution < 1.29 is 0 Å². The summed E-state index contributed by atoms with van der Waals surface area (Å²) in [4.78, 5) is 2.49. The first-order valence-electron chi connectivity index (χ1n) is 5.62. The molecule has 1 saturated heterocycles. The molecule has 5 heteroatoms. The van der Waals surface area contributed by atoms with Gasteiger partial charge in [-0.05, 0) is 13.3 Å². The van der Waals surface area contributed by atoms with Crippen LogP contribution in [-0.4, -0.2) is 49.2 Å². The van der Waals surface area contributed by atoms with Crippen molar-refractivity contribution in [1.29, 1.82) is 0 Å². The SMILES string of the molecule is CCC1CNCCN1C(C)C(N)CN.N. The lowest BCUT2D eigenvalue weighted by molar-refractivity contribution is 0.0983. The molecular formula is C10H27N5. The minimum Gasteiger partial charge on any atom is -0.344 e. The van der Waals surface area contributed by atoms with Gasteiger partial charge in [-0.15, -0.1) is 0 Å². The molecule has 0 spiro atoms. The van der Waals surface area contributed by atoms with E-state index in [1.807, 2.05) is 0 Å². The van der Waals surface area contributed by atoms with E-state index in [1.54, 1.807) is 0 Å². The Balaban J connectivity index is 0.00000196. The molecule has 1 rings (SSSR count). The first-order chi connectivity index (χ1) is 6.70. The van der Waals surface area contributed by atoms with Gasteiger partial charge in [-0.1, -0.05) is 6.92 Å². The van der Waals surface area contributed by atoms with E-state index in [0.717, 1.165) is 19.6 Å². The molecular weight excluding hydrogens is 190 g/mol. The van der Waals surface area contributed by atoms with Crippen LogP contribution in [0.25, 0.3) is 0 Å². The predicted molar refractivity (Wildman–Crippen MR) is 65.2 cm³/mol. The Kier molecular flexibility index (Phi) is 7.04. The lowest BCUT2D eigenvalue weighted by Crippen LogP contribution is -2.59. The van der Waals surface area contributed by atoms with E-state index in [4.69, 9.17) is 11.5 Å². The van der Waals surface area contributed by atoms with Crippen LogP contribution in [0.15, 0.2) is 0 Å². The average molecular weight is 217 g/mol. The van der Waals surface area contributed by atoms with E-state index in [0.29, 0.717) is 18.6 Å². The maximum absolute atomic E-state index is 5.98. The van der Waals surface area contributed by atoms with Gasteiger partial charge in [0.05, 0.1) is 0 Å². The quantitative estimate of drug-likeness (QED) is 0.509. The fourth-order valence-electron chi connectivity index (χ4n) is 2.13. The van der Waals surface area contributed by atoms with E-state index < -0.39 is 0 Å². The van der Waals surface area contributed by atoms with Crippen molar-refractivity contribution in [1.82, 2.24) is 16.4 Å². The molecule has 1 fully saturated rings. The molecule has 3 unspecified atom stereocenters. The van der Waals surface area contributed by atoms with Gasteiger partial charge in [-0.25, -0.2) is 0 Å². The molecule has 0 radical (unpaired) electrons. The molecule has 8 N–H and O–H groups in total. The molecule has 0 amide bonds. The molecule has 3 atom stereocenters. The largest absolute Gasteiger partial charge is 0.344 e. The second-order valence-corrected chi connectivity index (χ2v) is 4.14. The molecule has 0 aromatic heterocycles. The predicted octanol–water partition coefficient (Wildman–Crippen LogP) is -0.493. The molecule has 0 aromatic rings. The van der Waals surface area contributed by atoms with Gasteiger partial charge in [0.1, 0.15) is 0 Å². The highest BCUT2D eigenvalue weighted by atomic mass is 15.2. The highest BCUT2D eigenvalue weighted by Gasteiger charge is 2.27. The second kappa shape index (κ2) is 7.14. The Morgan fingerprint density at radius 1 is 1.53 bits per heavy atom. The minimum absolute atomic E-state index is 0. The van der Waals surface area contributed by atoms with E-state index >= 15 is 0 Å². The van der Waals surface area contributed by atoms with Crippen molar-refractivity contribution in [2.75, 3.05) is 26.2 Å². The van der Waals surface area contributed by atoms with Crippen molar-refractivity contribution >= 4 is 0 Å². The van der Waals surface area contributed by atoms with Crippen molar-refractivity contribution in [3.05, 3.63) is 0 Å². The number of nitrogens with zero attached hydrogens (tertiary/aromatic N) is 1. The molecule has 1 aliphatic rings. The third-order valence-corrected chi connectivity index (χ3v) is 3.28. The maximum Gasteiger partial charge on any atom is 0.0318 e. The van der Waals surface area contributed by atoms with Crippen molar-refractivity contribution in [2.24, 2.45) is 11.5 Å². The van der Waals surface area contributed by atoms with Crippen LogP contribution in [0.4, 0.5) is 0 Å². The zero-order chi connectivity index (χ0) is 10.6. The first kappa shape index (κ1) is 14.8. The third-order valence-electron chi connectivity index (χ3n) is 3.28. The summed E-state index contributed by atoms with van der Waals surface area (Å²) in [6.07, 6.45) is 1.18. The van der Waals surface area contributed by atoms with Gasteiger partial charge in [0, 0.05) is 44.3 Å². The van der Waals surface area contributed by atoms with Gasteiger partial charge in [-0.3, -0.25) is 4.90 Å². The van der Waals surface area contributed by atoms with Crippen LogP contribution in [-0.2, 0) is 0 Å². The molecule has 0 aliphatic carbocycles. The smallest absolute Gasteiger partial charge is 0.0318 e. The molecule has 0 bridgehead atoms. The number of piperazine rings is 1. The first-order valence-corrected chi connectivity index (χ1v) is 5.62. The van der Waals surface area contributed by atoms with Gasteiger partial charge in [0.15, 0.2) is 0 Å². The molecule has 1 aliphatic heterocycles. The molecule has 0 saturated carbocycles. The summed E-state index contributed by atoms with van der Waals surface area (Å²) >= 11 is 0. The lowest BCUT2D eigenvalue weighted by atomic mass is 10.0. The van der Waals surface area contributed by atoms with Gasteiger partial charge in [0.2, 0.25) is 0 Å². The van der Waals surface area contributed by atoms with Crippen LogP contribution in [0.1, 0.15) is 20.3 Å². The summed E-state index contributed by atoms with van der Waals surface area (Å²) in [5, 5.41) is 3.41. The highest BCUT2D eigenvalue weighted by molar-refractivity contribution is 4.87. The second-order valence-electron chi connectivity index (χ2n) is 4.14. The third kappa shape index (κ3) is 3.70. The number of hydrogen-bond donors (Lipinski definition) is 4. The summed E-state index contributed by atoms with van der Waals surface area (Å²) in [6.45, 7) is 8.22. The molecule has 0 aromatic carbocycles. The minimum atomic E-state index is 0. The van der Waals surface area contributed by atoms with Crippen molar-refractivity contribution in [2.45, 2.75) is 38.4 Å². The summed E-state index contributed by atoms with van der Waals surface area (Å²) in [5.74, 6) is 0. The van der Waals surface area contributed by atoms with Gasteiger partial charge < -0.3 is 22.9 Å². The van der Waals surface area contributed by atoms with Crippen molar-refractivity contribution in [3.8, 4) is 0 Å². The fraction of sp³-hybridized carbons (Fsp3) is 1.00. The van der Waals surface area contributed by atoms with Crippen LogP contribution in [0.5, 0.6) is 0 Å². The monoisotopic (exact) mass is 217 g/mol. The van der Waals surface area contributed by atoms with E-state index in [1.165, 1.54) is 6.42 Å². The number of nitrogens with one attached hydrogen (secondary N) is 1. The van der Waals surface area contributed by atoms with E-state index in [-0.39, 0.29) is 12.2 Å². The van der Waals surface area contributed by atoms with Crippen molar-refractivity contribution in [3.63, 3.8) is 0 Å². The molecule has 5 nitrogen and oxygen atoms in total. The Hall–Kier alpha value is -0.200. The number of hydrogen-bond acceptors (Lipinski definition) is 5. The molecule has 1 heterocycles. The standard InChI is InChI=1S/C10H24N4.H3N/c1-3-9-7-13-4-5-14(9)8(2)10(12)6-11;/h8-10,13H,3-7,11-12H2,1-2H3;1H3. The zero-order valence-corrected chi connectivity index (χ0v) is 10.1. The lowest BCUT2D eigenvalue weighted by Gasteiger charge is -2.41. The van der Waals surface area contributed by atoms with Crippen LogP contribution in [0.2, 0.25) is 0 Å². The Morgan fingerprint density at radius 2 is 2.20 bits per heavy atom. The van der Waals surface area contributed by atoms with Crippen LogP contribution >= 0.6 is 0 Å². The fourth-order valence-corrected chi connectivity index (χ4v) is 2.13. The van der Waals surface area contributed by atoms with E-state index in [2.05, 4.69) is 24.1 Å². The molecule has 15 heavy (non-hydrogen) atoms. The van der Waals surface area contributed by atoms with Gasteiger partial charge in [-0.2, -0.15) is 0 Å². The summed E-state index contributed by atoms with van der Waals surface area (Å²) in [6, 6.07) is 1.12. The summed E-state index contributed by atoms with van der Waals surface area (Å²) in [7, 11) is 0. The Labute approximate surface area is 93.1 Å². The zero-order valence-electron chi connectivity index (χ0n) is 10.1. The van der Waals surface area contributed by atoms with Gasteiger partial charge >= 0.3 is 0 Å². The highest BCUT2D eigenvalue weighted by Crippen LogP contribution is 2.12. The average Bonchev–Trinajstić information content (AvgIpc) is 2.26. The van der Waals surface area contributed by atoms with Crippen LogP contribution in [0.3, 0.4) is 0 Å². The Bertz CT molecular complexity index is 164. The van der Waals surface area contributed by atoms with Gasteiger partial charge in [0.25, 0.3) is 0 Å². The summed E-state index contributed by atoms with van der Waals surface area (Å²) < 4.78 is 0. The number of nitrogens with two attached hydrogens (primary N) is 2. The Morgan fingerprint density at radius 3 is 2.73 bits per heavy atom. The summed E-state index contributed by atoms with van der Waals surface area (Å²) in [5.41, 5.74) is 11.6. The normalized spacial score (nSPS) is 26.8.